The van der Waals surface area contributed by atoms with Crippen molar-refractivity contribution in [2.24, 2.45) is 0 Å². The van der Waals surface area contributed by atoms with Crippen molar-refractivity contribution in [3.8, 4) is 0 Å². The standard InChI is InChI=1S/C14H26N4O/c1-6-7-11(8-19-5)18-14-12(10(2)3)13(15-4)16-9-17-14/h9-11H,6-8H2,1-5H3,(H2,15,16,17,18). The van der Waals surface area contributed by atoms with Crippen molar-refractivity contribution >= 4 is 11.6 Å². The van der Waals surface area contributed by atoms with Gasteiger partial charge in [0.1, 0.15) is 18.0 Å². The van der Waals surface area contributed by atoms with Gasteiger partial charge < -0.3 is 15.4 Å². The summed E-state index contributed by atoms with van der Waals surface area (Å²) in [7, 11) is 3.61. The molecule has 0 fully saturated rings. The SMILES string of the molecule is CCCC(COC)Nc1ncnc(NC)c1C(C)C. The number of hydrogen-bond donors (Lipinski definition) is 2. The fourth-order valence-electron chi connectivity index (χ4n) is 2.20. The van der Waals surface area contributed by atoms with Gasteiger partial charge in [0.05, 0.1) is 12.6 Å². The van der Waals surface area contributed by atoms with Crippen molar-refractivity contribution in [2.45, 2.75) is 45.6 Å². The van der Waals surface area contributed by atoms with Crippen LogP contribution in [0.2, 0.25) is 0 Å². The van der Waals surface area contributed by atoms with E-state index in [4.69, 9.17) is 4.74 Å². The Morgan fingerprint density at radius 3 is 2.47 bits per heavy atom. The number of methoxy groups -OCH3 is 1. The van der Waals surface area contributed by atoms with Gasteiger partial charge in [-0.2, -0.15) is 0 Å². The summed E-state index contributed by atoms with van der Waals surface area (Å²) >= 11 is 0. The van der Waals surface area contributed by atoms with Crippen LogP contribution < -0.4 is 10.6 Å². The molecule has 0 saturated carbocycles. The van der Waals surface area contributed by atoms with Gasteiger partial charge in [0, 0.05) is 19.7 Å². The van der Waals surface area contributed by atoms with Gasteiger partial charge >= 0.3 is 0 Å². The maximum atomic E-state index is 5.26. The van der Waals surface area contributed by atoms with Gasteiger partial charge in [-0.15, -0.1) is 0 Å². The third-order valence-corrected chi connectivity index (χ3v) is 3.04. The van der Waals surface area contributed by atoms with Crippen LogP contribution in [-0.4, -0.2) is 36.8 Å². The Kier molecular flexibility index (Phi) is 6.56. The van der Waals surface area contributed by atoms with Crippen LogP contribution in [0.4, 0.5) is 11.6 Å². The van der Waals surface area contributed by atoms with Crippen LogP contribution in [0.15, 0.2) is 6.33 Å². The summed E-state index contributed by atoms with van der Waals surface area (Å²) < 4.78 is 5.26. The van der Waals surface area contributed by atoms with Crippen LogP contribution >= 0.6 is 0 Å². The molecule has 0 spiro atoms. The summed E-state index contributed by atoms with van der Waals surface area (Å²) in [5.74, 6) is 2.15. The lowest BCUT2D eigenvalue weighted by atomic mass is 10.0. The van der Waals surface area contributed by atoms with E-state index in [0.29, 0.717) is 12.5 Å². The van der Waals surface area contributed by atoms with E-state index in [-0.39, 0.29) is 6.04 Å². The molecule has 1 aromatic heterocycles. The number of ether oxygens (including phenoxy) is 1. The van der Waals surface area contributed by atoms with E-state index >= 15 is 0 Å². The lowest BCUT2D eigenvalue weighted by Crippen LogP contribution is -2.26. The Hall–Kier alpha value is -1.36. The molecule has 0 bridgehead atoms. The van der Waals surface area contributed by atoms with Crippen molar-refractivity contribution < 1.29 is 4.74 Å². The van der Waals surface area contributed by atoms with Crippen LogP contribution in [0.25, 0.3) is 0 Å². The average molecular weight is 266 g/mol. The minimum Gasteiger partial charge on any atom is -0.383 e. The predicted molar refractivity (Wildman–Crippen MR) is 79.9 cm³/mol. The summed E-state index contributed by atoms with van der Waals surface area (Å²) in [5.41, 5.74) is 1.13. The monoisotopic (exact) mass is 266 g/mol. The number of aromatic nitrogens is 2. The summed E-state index contributed by atoms with van der Waals surface area (Å²) in [6.07, 6.45) is 3.77. The first kappa shape index (κ1) is 15.7. The number of hydrogen-bond acceptors (Lipinski definition) is 5. The van der Waals surface area contributed by atoms with E-state index < -0.39 is 0 Å². The quantitative estimate of drug-likeness (QED) is 0.757. The molecule has 1 aromatic rings. The van der Waals surface area contributed by atoms with E-state index in [1.165, 1.54) is 0 Å². The zero-order chi connectivity index (χ0) is 14.3. The third kappa shape index (κ3) is 4.35. The average Bonchev–Trinajstić information content (AvgIpc) is 2.38. The second-order valence-corrected chi connectivity index (χ2v) is 4.97. The molecule has 2 N–H and O–H groups in total. The lowest BCUT2D eigenvalue weighted by Gasteiger charge is -2.22. The Labute approximate surface area is 116 Å². The number of rotatable bonds is 8. The molecule has 5 nitrogen and oxygen atoms in total. The van der Waals surface area contributed by atoms with Gasteiger partial charge in [0.2, 0.25) is 0 Å². The number of nitrogens with one attached hydrogen (secondary N) is 2. The molecular weight excluding hydrogens is 240 g/mol. The molecule has 19 heavy (non-hydrogen) atoms. The van der Waals surface area contributed by atoms with E-state index in [2.05, 4.69) is 41.4 Å². The fourth-order valence-corrected chi connectivity index (χ4v) is 2.20. The summed E-state index contributed by atoms with van der Waals surface area (Å²) in [6.45, 7) is 7.16. The zero-order valence-corrected chi connectivity index (χ0v) is 12.7. The van der Waals surface area contributed by atoms with Crippen molar-refractivity contribution in [1.29, 1.82) is 0 Å². The molecule has 0 aliphatic rings. The first-order valence-electron chi connectivity index (χ1n) is 6.92. The third-order valence-electron chi connectivity index (χ3n) is 3.04. The second kappa shape index (κ2) is 7.94. The van der Waals surface area contributed by atoms with Gasteiger partial charge in [0.25, 0.3) is 0 Å². The Balaban J connectivity index is 2.98. The van der Waals surface area contributed by atoms with Gasteiger partial charge in [-0.05, 0) is 12.3 Å². The summed E-state index contributed by atoms with van der Waals surface area (Å²) in [4.78, 5) is 8.68. The van der Waals surface area contributed by atoms with Crippen LogP contribution in [0.5, 0.6) is 0 Å². The Morgan fingerprint density at radius 2 is 1.95 bits per heavy atom. The summed E-state index contributed by atoms with van der Waals surface area (Å²) in [5, 5.41) is 6.62. The van der Waals surface area contributed by atoms with Gasteiger partial charge in [-0.3, -0.25) is 0 Å². The van der Waals surface area contributed by atoms with Crippen molar-refractivity contribution in [1.82, 2.24) is 9.97 Å². The molecule has 1 rings (SSSR count). The molecule has 108 valence electrons. The minimum absolute atomic E-state index is 0.284. The van der Waals surface area contributed by atoms with Gasteiger partial charge in [-0.1, -0.05) is 27.2 Å². The van der Waals surface area contributed by atoms with Crippen LogP contribution in [0.1, 0.15) is 45.1 Å². The van der Waals surface area contributed by atoms with Gasteiger partial charge in [0.15, 0.2) is 0 Å². The summed E-state index contributed by atoms with van der Waals surface area (Å²) in [6, 6.07) is 0.284. The van der Waals surface area contributed by atoms with Crippen LogP contribution in [0.3, 0.4) is 0 Å². The molecule has 0 aliphatic carbocycles. The topological polar surface area (TPSA) is 59.1 Å². The van der Waals surface area contributed by atoms with Crippen molar-refractivity contribution in [3.63, 3.8) is 0 Å². The van der Waals surface area contributed by atoms with E-state index in [0.717, 1.165) is 30.0 Å². The molecule has 0 aromatic carbocycles. The van der Waals surface area contributed by atoms with Crippen LogP contribution in [-0.2, 0) is 4.74 Å². The Morgan fingerprint density at radius 1 is 1.26 bits per heavy atom. The molecule has 0 radical (unpaired) electrons. The first-order valence-corrected chi connectivity index (χ1v) is 6.92. The van der Waals surface area contributed by atoms with E-state index in [1.807, 2.05) is 7.05 Å². The largest absolute Gasteiger partial charge is 0.383 e. The molecule has 5 heteroatoms. The van der Waals surface area contributed by atoms with Crippen molar-refractivity contribution in [2.75, 3.05) is 31.4 Å². The highest BCUT2D eigenvalue weighted by Gasteiger charge is 2.17. The number of anilines is 2. The van der Waals surface area contributed by atoms with E-state index in [9.17, 15) is 0 Å². The predicted octanol–water partition coefficient (Wildman–Crippen LogP) is 2.87. The molecular formula is C14H26N4O. The highest BCUT2D eigenvalue weighted by Crippen LogP contribution is 2.28. The highest BCUT2D eigenvalue weighted by molar-refractivity contribution is 5.59. The second-order valence-electron chi connectivity index (χ2n) is 4.97. The van der Waals surface area contributed by atoms with E-state index in [1.54, 1.807) is 13.4 Å². The minimum atomic E-state index is 0.284. The molecule has 0 saturated heterocycles. The molecule has 1 atom stereocenters. The molecule has 0 amide bonds. The van der Waals surface area contributed by atoms with Crippen molar-refractivity contribution in [3.05, 3.63) is 11.9 Å². The molecule has 1 heterocycles. The lowest BCUT2D eigenvalue weighted by molar-refractivity contribution is 0.182. The first-order chi connectivity index (χ1) is 9.13. The maximum Gasteiger partial charge on any atom is 0.135 e. The normalized spacial score (nSPS) is 12.5. The van der Waals surface area contributed by atoms with Gasteiger partial charge in [-0.25, -0.2) is 9.97 Å². The molecule has 1 unspecified atom stereocenters. The molecule has 0 aliphatic heterocycles. The van der Waals surface area contributed by atoms with Crippen LogP contribution in [0, 0.1) is 0 Å². The smallest absolute Gasteiger partial charge is 0.135 e. The number of nitrogens with zero attached hydrogens (tertiary/aromatic N) is 2. The maximum absolute atomic E-state index is 5.26. The Bertz CT molecular complexity index is 376. The highest BCUT2D eigenvalue weighted by atomic mass is 16.5. The fraction of sp³-hybridized carbons (Fsp3) is 0.714. The zero-order valence-electron chi connectivity index (χ0n) is 12.7.